The van der Waals surface area contributed by atoms with Crippen molar-refractivity contribution in [2.24, 2.45) is 0 Å². The number of carbonyl (C=O) groups excluding carboxylic acids is 1. The molecule has 1 N–H and O–H groups in total. The Bertz CT molecular complexity index is 593. The summed E-state index contributed by atoms with van der Waals surface area (Å²) in [5, 5.41) is 2.71. The number of carbonyl (C=O) groups is 1. The van der Waals surface area contributed by atoms with Crippen LogP contribution >= 0.6 is 0 Å². The maximum Gasteiger partial charge on any atom is 0.221 e. The van der Waals surface area contributed by atoms with Gasteiger partial charge >= 0.3 is 0 Å². The Balaban J connectivity index is 1.74. The molecule has 4 nitrogen and oxygen atoms in total. The lowest BCUT2D eigenvalue weighted by molar-refractivity contribution is -0.114. The fraction of sp³-hybridized carbons (Fsp3) is 0.235. The van der Waals surface area contributed by atoms with Crippen molar-refractivity contribution in [2.45, 2.75) is 13.8 Å². The van der Waals surface area contributed by atoms with E-state index in [1.165, 1.54) is 12.5 Å². The van der Waals surface area contributed by atoms with Gasteiger partial charge in [-0.3, -0.25) is 4.79 Å². The van der Waals surface area contributed by atoms with Crippen molar-refractivity contribution >= 4 is 11.6 Å². The van der Waals surface area contributed by atoms with Gasteiger partial charge in [-0.2, -0.15) is 0 Å². The summed E-state index contributed by atoms with van der Waals surface area (Å²) in [7, 11) is 0. The largest absolute Gasteiger partial charge is 0.490 e. The van der Waals surface area contributed by atoms with Crippen molar-refractivity contribution < 1.29 is 14.3 Å². The van der Waals surface area contributed by atoms with E-state index in [1.54, 1.807) is 12.1 Å². The number of rotatable bonds is 6. The average molecular weight is 285 g/mol. The molecule has 4 heteroatoms. The maximum absolute atomic E-state index is 10.9. The van der Waals surface area contributed by atoms with Gasteiger partial charge in [0.2, 0.25) is 5.91 Å². The van der Waals surface area contributed by atoms with Crippen LogP contribution in [0.5, 0.6) is 11.5 Å². The van der Waals surface area contributed by atoms with Gasteiger partial charge in [0.05, 0.1) is 0 Å². The second-order valence-electron chi connectivity index (χ2n) is 4.72. The van der Waals surface area contributed by atoms with E-state index >= 15 is 0 Å². The van der Waals surface area contributed by atoms with E-state index in [1.807, 2.05) is 43.3 Å². The molecule has 0 saturated carbocycles. The van der Waals surface area contributed by atoms with Gasteiger partial charge in [0.15, 0.2) is 0 Å². The number of ether oxygens (including phenoxy) is 2. The lowest BCUT2D eigenvalue weighted by Gasteiger charge is -2.09. The predicted octanol–water partition coefficient (Wildman–Crippen LogP) is 3.41. The lowest BCUT2D eigenvalue weighted by atomic mass is 10.2. The highest BCUT2D eigenvalue weighted by Crippen LogP contribution is 2.16. The van der Waals surface area contributed by atoms with Crippen LogP contribution in [0.3, 0.4) is 0 Å². The molecule has 21 heavy (non-hydrogen) atoms. The number of nitrogens with one attached hydrogen (secondary N) is 1. The molecular weight excluding hydrogens is 266 g/mol. The first-order valence-corrected chi connectivity index (χ1v) is 6.83. The van der Waals surface area contributed by atoms with E-state index in [-0.39, 0.29) is 5.91 Å². The van der Waals surface area contributed by atoms with Crippen molar-refractivity contribution in [3.05, 3.63) is 54.1 Å². The first-order valence-electron chi connectivity index (χ1n) is 6.83. The summed E-state index contributed by atoms with van der Waals surface area (Å²) in [4.78, 5) is 10.9. The number of hydrogen-bond acceptors (Lipinski definition) is 3. The van der Waals surface area contributed by atoms with Crippen molar-refractivity contribution in [1.82, 2.24) is 0 Å². The van der Waals surface area contributed by atoms with Gasteiger partial charge in [-0.15, -0.1) is 0 Å². The Morgan fingerprint density at radius 1 is 1.00 bits per heavy atom. The van der Waals surface area contributed by atoms with Gasteiger partial charge in [0.1, 0.15) is 24.7 Å². The molecule has 0 spiro atoms. The van der Waals surface area contributed by atoms with Gasteiger partial charge in [-0.1, -0.05) is 12.1 Å². The molecule has 0 bridgehead atoms. The summed E-state index contributed by atoms with van der Waals surface area (Å²) in [6.07, 6.45) is 0. The number of anilines is 1. The van der Waals surface area contributed by atoms with Crippen LogP contribution in [0.1, 0.15) is 12.5 Å². The van der Waals surface area contributed by atoms with Gasteiger partial charge in [0.25, 0.3) is 0 Å². The van der Waals surface area contributed by atoms with E-state index in [2.05, 4.69) is 5.32 Å². The van der Waals surface area contributed by atoms with Crippen LogP contribution in [0.15, 0.2) is 48.5 Å². The zero-order valence-corrected chi connectivity index (χ0v) is 12.3. The van der Waals surface area contributed by atoms with E-state index in [4.69, 9.17) is 9.47 Å². The van der Waals surface area contributed by atoms with Crippen molar-refractivity contribution in [3.63, 3.8) is 0 Å². The standard InChI is InChI=1S/C17H19NO3/c1-13-4-3-5-17(12-13)21-11-10-20-16-8-6-15(7-9-16)18-14(2)19/h3-9,12H,10-11H2,1-2H3,(H,18,19). The van der Waals surface area contributed by atoms with Crippen molar-refractivity contribution in [1.29, 1.82) is 0 Å². The highest BCUT2D eigenvalue weighted by Gasteiger charge is 1.98. The third-order valence-corrected chi connectivity index (χ3v) is 2.79. The van der Waals surface area contributed by atoms with Crippen LogP contribution in [0.25, 0.3) is 0 Å². The Morgan fingerprint density at radius 3 is 2.29 bits per heavy atom. The highest BCUT2D eigenvalue weighted by atomic mass is 16.5. The minimum atomic E-state index is -0.0878. The molecule has 0 aliphatic rings. The summed E-state index contributed by atoms with van der Waals surface area (Å²) >= 11 is 0. The smallest absolute Gasteiger partial charge is 0.221 e. The number of amides is 1. The van der Waals surface area contributed by atoms with Crippen LogP contribution in [-0.4, -0.2) is 19.1 Å². The topological polar surface area (TPSA) is 47.6 Å². The lowest BCUT2D eigenvalue weighted by Crippen LogP contribution is -2.09. The zero-order chi connectivity index (χ0) is 15.1. The number of benzene rings is 2. The molecular formula is C17H19NO3. The normalized spacial score (nSPS) is 10.0. The van der Waals surface area contributed by atoms with Gasteiger partial charge < -0.3 is 14.8 Å². The summed E-state index contributed by atoms with van der Waals surface area (Å²) in [6.45, 7) is 4.46. The Kier molecular flexibility index (Phi) is 5.21. The summed E-state index contributed by atoms with van der Waals surface area (Å²) < 4.78 is 11.2. The van der Waals surface area contributed by atoms with E-state index in [0.717, 1.165) is 17.2 Å². The Morgan fingerprint density at radius 2 is 1.67 bits per heavy atom. The fourth-order valence-corrected chi connectivity index (χ4v) is 1.86. The number of aryl methyl sites for hydroxylation is 1. The molecule has 0 atom stereocenters. The molecule has 1 amide bonds. The molecule has 110 valence electrons. The minimum Gasteiger partial charge on any atom is -0.490 e. The van der Waals surface area contributed by atoms with Gasteiger partial charge in [-0.05, 0) is 48.9 Å². The molecule has 0 aliphatic carbocycles. The molecule has 0 fully saturated rings. The van der Waals surface area contributed by atoms with Gasteiger partial charge in [-0.25, -0.2) is 0 Å². The van der Waals surface area contributed by atoms with Crippen LogP contribution in [0.2, 0.25) is 0 Å². The quantitative estimate of drug-likeness (QED) is 0.827. The molecule has 0 aromatic heterocycles. The van der Waals surface area contributed by atoms with E-state index < -0.39 is 0 Å². The third-order valence-electron chi connectivity index (χ3n) is 2.79. The Hall–Kier alpha value is -2.49. The molecule has 2 rings (SSSR count). The zero-order valence-electron chi connectivity index (χ0n) is 12.3. The summed E-state index contributed by atoms with van der Waals surface area (Å²) in [6, 6.07) is 15.1. The minimum absolute atomic E-state index is 0.0878. The first-order chi connectivity index (χ1) is 10.1. The predicted molar refractivity (Wildman–Crippen MR) is 82.9 cm³/mol. The second kappa shape index (κ2) is 7.33. The molecule has 0 unspecified atom stereocenters. The molecule has 0 heterocycles. The monoisotopic (exact) mass is 285 g/mol. The van der Waals surface area contributed by atoms with Crippen LogP contribution in [0.4, 0.5) is 5.69 Å². The van der Waals surface area contributed by atoms with Crippen LogP contribution < -0.4 is 14.8 Å². The number of hydrogen-bond donors (Lipinski definition) is 1. The summed E-state index contributed by atoms with van der Waals surface area (Å²) in [5.74, 6) is 1.51. The molecule has 0 radical (unpaired) electrons. The van der Waals surface area contributed by atoms with Crippen molar-refractivity contribution in [3.8, 4) is 11.5 Å². The highest BCUT2D eigenvalue weighted by molar-refractivity contribution is 5.88. The van der Waals surface area contributed by atoms with Crippen LogP contribution in [-0.2, 0) is 4.79 Å². The van der Waals surface area contributed by atoms with Gasteiger partial charge in [0, 0.05) is 12.6 Å². The molecule has 0 aliphatic heterocycles. The Labute approximate surface area is 124 Å². The van der Waals surface area contributed by atoms with E-state index in [0.29, 0.717) is 13.2 Å². The SMILES string of the molecule is CC(=O)Nc1ccc(OCCOc2cccc(C)c2)cc1. The summed E-state index contributed by atoms with van der Waals surface area (Å²) in [5.41, 5.74) is 1.92. The maximum atomic E-state index is 10.9. The second-order valence-corrected chi connectivity index (χ2v) is 4.72. The molecule has 2 aromatic carbocycles. The average Bonchev–Trinajstić information content (AvgIpc) is 2.45. The first kappa shape index (κ1) is 14.9. The third kappa shape index (κ3) is 5.18. The van der Waals surface area contributed by atoms with Crippen molar-refractivity contribution in [2.75, 3.05) is 18.5 Å². The van der Waals surface area contributed by atoms with Crippen LogP contribution in [0, 0.1) is 6.92 Å². The molecule has 2 aromatic rings. The fourth-order valence-electron chi connectivity index (χ4n) is 1.86. The molecule has 0 saturated heterocycles. The van der Waals surface area contributed by atoms with E-state index in [9.17, 15) is 4.79 Å².